The Balaban J connectivity index is 1.23. The minimum atomic E-state index is -0.936. The Labute approximate surface area is 245 Å². The molecule has 0 spiro atoms. The first-order valence-corrected chi connectivity index (χ1v) is 15.6. The number of aromatic nitrogens is 5. The molecule has 4 aliphatic rings. The van der Waals surface area contributed by atoms with Gasteiger partial charge < -0.3 is 15.3 Å². The zero-order valence-corrected chi connectivity index (χ0v) is 24.8. The number of aryl methyl sites for hydroxylation is 2. The van der Waals surface area contributed by atoms with E-state index in [1.807, 2.05) is 23.7 Å². The molecule has 218 valence electrons. The molecule has 2 atom stereocenters. The van der Waals surface area contributed by atoms with Crippen molar-refractivity contribution < 1.29 is 5.11 Å². The molecule has 2 N–H and O–H groups in total. The molecule has 1 aliphatic heterocycles. The number of nitrogens with zero attached hydrogens (tertiary/aromatic N) is 6. The van der Waals surface area contributed by atoms with Gasteiger partial charge in [0.25, 0.3) is 5.56 Å². The van der Waals surface area contributed by atoms with E-state index in [0.29, 0.717) is 48.1 Å². The fraction of sp³-hybridized carbons (Fsp3) is 0.515. The summed E-state index contributed by atoms with van der Waals surface area (Å²) >= 11 is 0. The number of hydrogen-bond acceptors (Lipinski definition) is 7. The monoisotopic (exact) mass is 565 g/mol. The van der Waals surface area contributed by atoms with E-state index < -0.39 is 5.60 Å². The second-order valence-electron chi connectivity index (χ2n) is 13.5. The highest BCUT2D eigenvalue weighted by molar-refractivity contribution is 5.77. The molecule has 42 heavy (non-hydrogen) atoms. The lowest BCUT2D eigenvalue weighted by Crippen LogP contribution is -2.44. The van der Waals surface area contributed by atoms with E-state index in [1.165, 1.54) is 29.5 Å². The number of rotatable bonds is 6. The zero-order valence-electron chi connectivity index (χ0n) is 24.8. The van der Waals surface area contributed by atoms with Crippen molar-refractivity contribution in [3.63, 3.8) is 0 Å². The van der Waals surface area contributed by atoms with Gasteiger partial charge in [0.2, 0.25) is 5.95 Å². The third-order valence-corrected chi connectivity index (χ3v) is 10.2. The van der Waals surface area contributed by atoms with Gasteiger partial charge in [0.15, 0.2) is 11.5 Å². The van der Waals surface area contributed by atoms with Crippen molar-refractivity contribution >= 4 is 22.7 Å². The highest BCUT2D eigenvalue weighted by Crippen LogP contribution is 2.44. The number of likely N-dealkylation sites (N-methyl/N-ethyl adjacent to an activating group) is 1. The van der Waals surface area contributed by atoms with Crippen molar-refractivity contribution in [1.82, 2.24) is 29.2 Å². The van der Waals surface area contributed by atoms with Gasteiger partial charge in [-0.3, -0.25) is 4.79 Å². The van der Waals surface area contributed by atoms with Crippen LogP contribution in [-0.2, 0) is 36.9 Å². The van der Waals surface area contributed by atoms with Crippen molar-refractivity contribution in [1.29, 1.82) is 0 Å². The minimum absolute atomic E-state index is 0.1000. The summed E-state index contributed by atoms with van der Waals surface area (Å²) in [5, 5.41) is 15.2. The lowest BCUT2D eigenvalue weighted by atomic mass is 9.67. The average molecular weight is 566 g/mol. The Morgan fingerprint density at radius 3 is 2.74 bits per heavy atom. The number of fused-ring (bicyclic) bond motifs is 2. The van der Waals surface area contributed by atoms with Crippen LogP contribution in [0.1, 0.15) is 80.3 Å². The Bertz CT molecular complexity index is 1800. The third-order valence-electron chi connectivity index (χ3n) is 10.2. The fourth-order valence-electron chi connectivity index (χ4n) is 8.00. The van der Waals surface area contributed by atoms with Crippen LogP contribution in [0.25, 0.3) is 16.9 Å². The quantitative estimate of drug-likeness (QED) is 0.349. The van der Waals surface area contributed by atoms with E-state index in [9.17, 15) is 9.90 Å². The molecule has 1 fully saturated rings. The maximum Gasteiger partial charge on any atom is 0.278 e. The molecule has 0 saturated heterocycles. The van der Waals surface area contributed by atoms with Crippen molar-refractivity contribution in [2.45, 2.75) is 89.3 Å². The Kier molecular flexibility index (Phi) is 5.73. The number of hydrogen-bond donors (Lipinski definition) is 2. The molecule has 9 nitrogen and oxygen atoms in total. The van der Waals surface area contributed by atoms with E-state index in [0.717, 1.165) is 55.7 Å². The van der Waals surface area contributed by atoms with Gasteiger partial charge in [0.05, 0.1) is 5.69 Å². The highest BCUT2D eigenvalue weighted by atomic mass is 16.3. The smallest absolute Gasteiger partial charge is 0.278 e. The van der Waals surface area contributed by atoms with Crippen LogP contribution in [0.15, 0.2) is 35.3 Å². The van der Waals surface area contributed by atoms with Crippen molar-refractivity contribution in [2.24, 2.45) is 5.92 Å². The van der Waals surface area contributed by atoms with Crippen LogP contribution in [0.4, 0.5) is 11.6 Å². The average Bonchev–Trinajstić information content (AvgIpc) is 3.67. The van der Waals surface area contributed by atoms with Gasteiger partial charge in [-0.25, -0.2) is 19.3 Å². The molecule has 0 radical (unpaired) electrons. The lowest BCUT2D eigenvalue weighted by Gasteiger charge is -2.45. The number of anilines is 2. The molecule has 3 aromatic heterocycles. The summed E-state index contributed by atoms with van der Waals surface area (Å²) in [4.78, 5) is 30.6. The summed E-state index contributed by atoms with van der Waals surface area (Å²) in [6.45, 7) is 7.06. The lowest BCUT2D eigenvalue weighted by molar-refractivity contribution is 0.0305. The molecule has 8 rings (SSSR count). The SMILES string of the molecule is CCC1(O)CCc2ccc(-n3c4nc(Nc5cc6c7c(c5)CN(C)CC7(C)CCC6)ncc4c(=O)n3CC3CC3)nc21. The van der Waals surface area contributed by atoms with E-state index in [1.54, 1.807) is 10.9 Å². The highest BCUT2D eigenvalue weighted by Gasteiger charge is 2.39. The molecule has 2 unspecified atom stereocenters. The third kappa shape index (κ3) is 4.04. The van der Waals surface area contributed by atoms with E-state index >= 15 is 0 Å². The molecular formula is C33H39N7O2. The van der Waals surface area contributed by atoms with Crippen LogP contribution in [0, 0.1) is 5.92 Å². The second kappa shape index (κ2) is 9.22. The van der Waals surface area contributed by atoms with Crippen LogP contribution in [0.2, 0.25) is 0 Å². The molecule has 1 saturated carbocycles. The molecule has 9 heteroatoms. The summed E-state index contributed by atoms with van der Waals surface area (Å²) in [5.74, 6) is 1.55. The van der Waals surface area contributed by atoms with Crippen molar-refractivity contribution in [2.75, 3.05) is 18.9 Å². The number of nitrogens with one attached hydrogen (secondary N) is 1. The first-order valence-electron chi connectivity index (χ1n) is 15.6. The molecule has 0 bridgehead atoms. The molecule has 1 aromatic carbocycles. The minimum Gasteiger partial charge on any atom is -0.384 e. The molecule has 0 amide bonds. The first kappa shape index (κ1) is 26.1. The van der Waals surface area contributed by atoms with E-state index in [4.69, 9.17) is 9.97 Å². The molecular weight excluding hydrogens is 526 g/mol. The Morgan fingerprint density at radius 2 is 1.93 bits per heavy atom. The zero-order chi connectivity index (χ0) is 28.8. The van der Waals surface area contributed by atoms with Gasteiger partial charge in [-0.2, -0.15) is 4.98 Å². The van der Waals surface area contributed by atoms with Gasteiger partial charge in [-0.05, 0) is 105 Å². The van der Waals surface area contributed by atoms with Gasteiger partial charge in [-0.1, -0.05) is 19.9 Å². The second-order valence-corrected chi connectivity index (χ2v) is 13.5. The van der Waals surface area contributed by atoms with E-state index in [-0.39, 0.29) is 11.0 Å². The van der Waals surface area contributed by atoms with Crippen LogP contribution in [-0.4, -0.2) is 47.9 Å². The van der Waals surface area contributed by atoms with Crippen LogP contribution in [0.3, 0.4) is 0 Å². The summed E-state index contributed by atoms with van der Waals surface area (Å²) in [6.07, 6.45) is 9.49. The van der Waals surface area contributed by atoms with Gasteiger partial charge in [-0.15, -0.1) is 0 Å². The Hall–Kier alpha value is -3.56. The summed E-state index contributed by atoms with van der Waals surface area (Å²) in [7, 11) is 2.21. The fourth-order valence-corrected chi connectivity index (χ4v) is 8.00. The van der Waals surface area contributed by atoms with Crippen LogP contribution >= 0.6 is 0 Å². The van der Waals surface area contributed by atoms with Crippen LogP contribution in [0.5, 0.6) is 0 Å². The van der Waals surface area contributed by atoms with Crippen LogP contribution < -0.4 is 10.9 Å². The van der Waals surface area contributed by atoms with Crippen molar-refractivity contribution in [3.05, 3.63) is 68.8 Å². The first-order chi connectivity index (χ1) is 20.2. The predicted molar refractivity (Wildman–Crippen MR) is 163 cm³/mol. The van der Waals surface area contributed by atoms with Gasteiger partial charge in [0.1, 0.15) is 11.0 Å². The predicted octanol–water partition coefficient (Wildman–Crippen LogP) is 4.71. The number of aliphatic hydroxyl groups is 1. The molecule has 4 aromatic rings. The summed E-state index contributed by atoms with van der Waals surface area (Å²) < 4.78 is 3.63. The topological polar surface area (TPSA) is 101 Å². The van der Waals surface area contributed by atoms with E-state index in [2.05, 4.69) is 41.3 Å². The number of benzene rings is 1. The number of pyridine rings is 1. The maximum atomic E-state index is 13.7. The Morgan fingerprint density at radius 1 is 1.10 bits per heavy atom. The van der Waals surface area contributed by atoms with Crippen molar-refractivity contribution in [3.8, 4) is 5.82 Å². The normalized spacial score (nSPS) is 25.0. The summed E-state index contributed by atoms with van der Waals surface area (Å²) in [5.41, 5.74) is 6.83. The summed E-state index contributed by atoms with van der Waals surface area (Å²) in [6, 6.07) is 8.53. The standard InChI is InChI=1S/C33H39N7O2/c1-4-33(42)13-11-21-9-10-26(36-28(21)33)40-29-25(30(41)39(40)17-20-7-8-20)16-34-31(37-29)35-24-14-22-6-5-12-32(2)19-38(3)18-23(15-24)27(22)32/h9-10,14-16,20,42H,4-8,11-13,17-19H2,1-3H3,(H,34,35,37). The molecule has 4 heterocycles. The molecule has 3 aliphatic carbocycles. The maximum absolute atomic E-state index is 13.7. The van der Waals surface area contributed by atoms with Gasteiger partial charge >= 0.3 is 0 Å². The van der Waals surface area contributed by atoms with Gasteiger partial charge in [0, 0.05) is 36.9 Å². The largest absolute Gasteiger partial charge is 0.384 e.